The predicted molar refractivity (Wildman–Crippen MR) is 79.5 cm³/mol. The summed E-state index contributed by atoms with van der Waals surface area (Å²) in [5, 5.41) is 5.80. The van der Waals surface area contributed by atoms with Crippen LogP contribution in [0.2, 0.25) is 0 Å². The van der Waals surface area contributed by atoms with E-state index in [1.807, 2.05) is 20.8 Å². The molecule has 6 heteroatoms. The van der Waals surface area contributed by atoms with Crippen molar-refractivity contribution in [2.24, 2.45) is 0 Å². The van der Waals surface area contributed by atoms with E-state index in [0.717, 1.165) is 0 Å². The van der Waals surface area contributed by atoms with Crippen molar-refractivity contribution in [3.8, 4) is 0 Å². The van der Waals surface area contributed by atoms with Gasteiger partial charge in [0.15, 0.2) is 0 Å². The van der Waals surface area contributed by atoms with Gasteiger partial charge in [-0.2, -0.15) is 0 Å². The fourth-order valence-electron chi connectivity index (χ4n) is 1.51. The summed E-state index contributed by atoms with van der Waals surface area (Å²) in [6, 6.07) is 2.80. The van der Waals surface area contributed by atoms with E-state index in [4.69, 9.17) is 5.73 Å². The molecule has 0 unspecified atom stereocenters. The van der Waals surface area contributed by atoms with E-state index in [0.29, 0.717) is 28.8 Å². The molecule has 0 bridgehead atoms. The number of nitrogen functional groups attached to an aromatic ring is 1. The summed E-state index contributed by atoms with van der Waals surface area (Å²) in [5.74, 6) is -0.452. The molecule has 4 nitrogen and oxygen atoms in total. The van der Waals surface area contributed by atoms with Gasteiger partial charge in [-0.3, -0.25) is 4.79 Å². The Kier molecular flexibility index (Phi) is 5.17. The molecule has 0 aliphatic rings. The summed E-state index contributed by atoms with van der Waals surface area (Å²) < 4.78 is 13.7. The van der Waals surface area contributed by atoms with Gasteiger partial charge in [0.1, 0.15) is 5.82 Å². The lowest BCUT2D eigenvalue weighted by Gasteiger charge is -2.20. The molecule has 19 heavy (non-hydrogen) atoms. The van der Waals surface area contributed by atoms with Crippen molar-refractivity contribution < 1.29 is 9.18 Å². The van der Waals surface area contributed by atoms with Crippen molar-refractivity contribution in [2.45, 2.75) is 32.7 Å². The highest BCUT2D eigenvalue weighted by molar-refractivity contribution is 9.10. The van der Waals surface area contributed by atoms with Gasteiger partial charge in [0.2, 0.25) is 5.91 Å². The van der Waals surface area contributed by atoms with Crippen molar-refractivity contribution >= 4 is 33.2 Å². The van der Waals surface area contributed by atoms with E-state index in [1.165, 1.54) is 12.1 Å². The van der Waals surface area contributed by atoms with E-state index in [9.17, 15) is 9.18 Å². The molecule has 0 atom stereocenters. The predicted octanol–water partition coefficient (Wildman–Crippen LogP) is 2.89. The molecule has 0 fully saturated rings. The molecule has 0 radical (unpaired) electrons. The maximum absolute atomic E-state index is 13.3. The zero-order valence-corrected chi connectivity index (χ0v) is 12.9. The second kappa shape index (κ2) is 6.23. The number of hydrogen-bond acceptors (Lipinski definition) is 3. The number of benzene rings is 1. The van der Waals surface area contributed by atoms with Crippen LogP contribution in [-0.2, 0) is 4.79 Å². The normalized spacial score (nSPS) is 11.2. The standard InChI is InChI=1S/C13H19BrFN3O/c1-13(2,3)18-12(19)4-5-17-11-7-9(15)8(14)6-10(11)16/h6-7,17H,4-5,16H2,1-3H3,(H,18,19). The second-order valence-corrected chi connectivity index (χ2v) is 6.18. The summed E-state index contributed by atoms with van der Waals surface area (Å²) in [6.45, 7) is 6.15. The zero-order chi connectivity index (χ0) is 14.6. The van der Waals surface area contributed by atoms with E-state index < -0.39 is 5.82 Å². The molecular formula is C13H19BrFN3O. The van der Waals surface area contributed by atoms with Gasteiger partial charge < -0.3 is 16.4 Å². The fourth-order valence-corrected chi connectivity index (χ4v) is 1.87. The van der Waals surface area contributed by atoms with Crippen LogP contribution in [0.1, 0.15) is 27.2 Å². The molecular weight excluding hydrogens is 313 g/mol. The van der Waals surface area contributed by atoms with Crippen LogP contribution in [0.3, 0.4) is 0 Å². The largest absolute Gasteiger partial charge is 0.397 e. The number of halogens is 2. The highest BCUT2D eigenvalue weighted by Crippen LogP contribution is 2.26. The quantitative estimate of drug-likeness (QED) is 0.743. The number of amides is 1. The zero-order valence-electron chi connectivity index (χ0n) is 11.3. The second-order valence-electron chi connectivity index (χ2n) is 5.33. The highest BCUT2D eigenvalue weighted by atomic mass is 79.9. The maximum atomic E-state index is 13.3. The summed E-state index contributed by atoms with van der Waals surface area (Å²) in [7, 11) is 0. The Morgan fingerprint density at radius 1 is 1.42 bits per heavy atom. The van der Waals surface area contributed by atoms with Crippen LogP contribution in [0.4, 0.5) is 15.8 Å². The first-order valence-corrected chi connectivity index (χ1v) is 6.78. The van der Waals surface area contributed by atoms with E-state index in [-0.39, 0.29) is 11.4 Å². The van der Waals surface area contributed by atoms with Crippen LogP contribution in [-0.4, -0.2) is 18.0 Å². The van der Waals surface area contributed by atoms with Crippen molar-refractivity contribution in [2.75, 3.05) is 17.6 Å². The van der Waals surface area contributed by atoms with Gasteiger partial charge in [0, 0.05) is 24.6 Å². The van der Waals surface area contributed by atoms with Crippen molar-refractivity contribution in [3.63, 3.8) is 0 Å². The lowest BCUT2D eigenvalue weighted by Crippen LogP contribution is -2.41. The number of nitrogens with two attached hydrogens (primary N) is 1. The average Bonchev–Trinajstić information content (AvgIpc) is 2.22. The minimum Gasteiger partial charge on any atom is -0.397 e. The monoisotopic (exact) mass is 331 g/mol. The van der Waals surface area contributed by atoms with Gasteiger partial charge in [-0.15, -0.1) is 0 Å². The first kappa shape index (κ1) is 15.8. The number of rotatable bonds is 4. The first-order valence-electron chi connectivity index (χ1n) is 5.98. The Balaban J connectivity index is 2.50. The summed E-state index contributed by atoms with van der Waals surface area (Å²) in [4.78, 5) is 11.6. The van der Waals surface area contributed by atoms with Gasteiger partial charge in [0.25, 0.3) is 0 Å². The summed E-state index contributed by atoms with van der Waals surface area (Å²) in [6.07, 6.45) is 0.300. The van der Waals surface area contributed by atoms with Crippen LogP contribution < -0.4 is 16.4 Å². The van der Waals surface area contributed by atoms with Crippen LogP contribution in [0.25, 0.3) is 0 Å². The van der Waals surface area contributed by atoms with Crippen LogP contribution in [0.15, 0.2) is 16.6 Å². The maximum Gasteiger partial charge on any atom is 0.222 e. The van der Waals surface area contributed by atoms with Gasteiger partial charge in [-0.1, -0.05) is 0 Å². The van der Waals surface area contributed by atoms with E-state index >= 15 is 0 Å². The molecule has 0 aliphatic carbocycles. The highest BCUT2D eigenvalue weighted by Gasteiger charge is 2.13. The first-order chi connectivity index (χ1) is 8.69. The smallest absolute Gasteiger partial charge is 0.222 e. The van der Waals surface area contributed by atoms with Gasteiger partial charge in [-0.05, 0) is 42.8 Å². The number of anilines is 2. The Bertz CT molecular complexity index is 472. The molecule has 106 valence electrons. The van der Waals surface area contributed by atoms with Gasteiger partial charge in [-0.25, -0.2) is 4.39 Å². The Morgan fingerprint density at radius 3 is 2.63 bits per heavy atom. The summed E-state index contributed by atoms with van der Waals surface area (Å²) >= 11 is 3.06. The Hall–Kier alpha value is -1.30. The SMILES string of the molecule is CC(C)(C)NC(=O)CCNc1cc(F)c(Br)cc1N. The van der Waals surface area contributed by atoms with Crippen molar-refractivity contribution in [3.05, 3.63) is 22.4 Å². The van der Waals surface area contributed by atoms with Crippen LogP contribution >= 0.6 is 15.9 Å². The van der Waals surface area contributed by atoms with Gasteiger partial charge >= 0.3 is 0 Å². The number of carbonyl (C=O) groups excluding carboxylic acids is 1. The molecule has 1 aromatic rings. The average molecular weight is 332 g/mol. The summed E-state index contributed by atoms with van der Waals surface area (Å²) in [5.41, 5.74) is 6.42. The molecule has 4 N–H and O–H groups in total. The Morgan fingerprint density at radius 2 is 2.05 bits per heavy atom. The molecule has 0 aliphatic heterocycles. The lowest BCUT2D eigenvalue weighted by atomic mass is 10.1. The third kappa shape index (κ3) is 5.46. The molecule has 0 heterocycles. The van der Waals surface area contributed by atoms with Crippen molar-refractivity contribution in [1.29, 1.82) is 0 Å². The molecule has 0 saturated heterocycles. The fraction of sp³-hybridized carbons (Fsp3) is 0.462. The molecule has 1 amide bonds. The topological polar surface area (TPSA) is 67.2 Å². The molecule has 1 rings (SSSR count). The molecule has 0 aromatic heterocycles. The molecule has 0 saturated carbocycles. The van der Waals surface area contributed by atoms with Crippen molar-refractivity contribution in [1.82, 2.24) is 5.32 Å². The molecule has 1 aromatic carbocycles. The number of hydrogen-bond donors (Lipinski definition) is 3. The number of nitrogens with one attached hydrogen (secondary N) is 2. The lowest BCUT2D eigenvalue weighted by molar-refractivity contribution is -0.122. The third-order valence-electron chi connectivity index (χ3n) is 2.27. The minimum atomic E-state index is -0.393. The molecule has 0 spiro atoms. The van der Waals surface area contributed by atoms with Crippen LogP contribution in [0.5, 0.6) is 0 Å². The minimum absolute atomic E-state index is 0.0591. The van der Waals surface area contributed by atoms with Crippen LogP contribution in [0, 0.1) is 5.82 Å². The van der Waals surface area contributed by atoms with E-state index in [1.54, 1.807) is 0 Å². The third-order valence-corrected chi connectivity index (χ3v) is 2.88. The van der Waals surface area contributed by atoms with Gasteiger partial charge in [0.05, 0.1) is 15.8 Å². The Labute approximate surface area is 121 Å². The van der Waals surface area contributed by atoms with E-state index in [2.05, 4.69) is 26.6 Å². The number of carbonyl (C=O) groups is 1.